The van der Waals surface area contributed by atoms with Crippen LogP contribution in [0.15, 0.2) is 11.6 Å². The quantitative estimate of drug-likeness (QED) is 0.424. The van der Waals surface area contributed by atoms with Gasteiger partial charge in [0.1, 0.15) is 0 Å². The molecule has 1 unspecified atom stereocenters. The Morgan fingerprint density at radius 2 is 1.69 bits per heavy atom. The number of hydrogen-bond acceptors (Lipinski definition) is 2. The van der Waals surface area contributed by atoms with E-state index in [0.717, 1.165) is 49.4 Å². The van der Waals surface area contributed by atoms with E-state index in [0.29, 0.717) is 22.2 Å². The molecule has 2 N–H and O–H groups in total. The van der Waals surface area contributed by atoms with Crippen molar-refractivity contribution in [1.29, 1.82) is 0 Å². The lowest BCUT2D eigenvalue weighted by Crippen LogP contribution is -2.57. The topological polar surface area (TPSA) is 40.5 Å². The largest absolute Gasteiger partial charge is 0.393 e. The highest BCUT2D eigenvalue weighted by Crippen LogP contribution is 2.72. The molecule has 5 aliphatic carbocycles. The lowest BCUT2D eigenvalue weighted by atomic mass is 9.41. The first-order chi connectivity index (χ1) is 15.1. The molecule has 0 radical (unpaired) electrons. The van der Waals surface area contributed by atoms with Gasteiger partial charge in [0, 0.05) is 0 Å². The fourth-order valence-corrected chi connectivity index (χ4v) is 10.00. The molecule has 4 saturated carbocycles. The first-order valence-electron chi connectivity index (χ1n) is 14.2. The molecular formula is C30H50O2. The molecule has 0 amide bonds. The normalized spacial score (nSPS) is 50.1. The summed E-state index contributed by atoms with van der Waals surface area (Å²) in [7, 11) is 0. The van der Waals surface area contributed by atoms with Gasteiger partial charge in [0.2, 0.25) is 0 Å². The number of fused-ring (bicyclic) bond motifs is 5. The standard InChI is InChI=1S/C30H50O2/c1-6-30(32)18-17-27(3)22(19-30)13-15-29(5)25-12-10-23(28(25,4)16-14-26(27)29)20(2)7-11-24(31)21-8-9-21/h13,20-21,23-26,31-32H,6-12,14-19H2,1-5H3/t20-,23-,24?,25-,26-,27+,28-,29+,30+/m1/s1. The van der Waals surface area contributed by atoms with Gasteiger partial charge in [0.05, 0.1) is 11.7 Å². The van der Waals surface area contributed by atoms with Gasteiger partial charge in [-0.15, -0.1) is 0 Å². The Morgan fingerprint density at radius 1 is 0.938 bits per heavy atom. The third kappa shape index (κ3) is 3.48. The zero-order valence-electron chi connectivity index (χ0n) is 21.6. The Morgan fingerprint density at radius 3 is 2.38 bits per heavy atom. The zero-order chi connectivity index (χ0) is 22.9. The first-order valence-corrected chi connectivity index (χ1v) is 14.2. The molecule has 2 nitrogen and oxygen atoms in total. The van der Waals surface area contributed by atoms with E-state index in [2.05, 4.69) is 40.7 Å². The highest BCUT2D eigenvalue weighted by Gasteiger charge is 2.64. The Balaban J connectivity index is 1.35. The van der Waals surface area contributed by atoms with Crippen LogP contribution in [0, 0.1) is 45.8 Å². The third-order valence-corrected chi connectivity index (χ3v) is 12.3. The van der Waals surface area contributed by atoms with E-state index in [1.165, 1.54) is 57.8 Å². The highest BCUT2D eigenvalue weighted by atomic mass is 16.3. The van der Waals surface area contributed by atoms with Crippen molar-refractivity contribution in [3.8, 4) is 0 Å². The molecule has 0 spiro atoms. The minimum atomic E-state index is -0.457. The van der Waals surface area contributed by atoms with Gasteiger partial charge in [-0.25, -0.2) is 0 Å². The van der Waals surface area contributed by atoms with Gasteiger partial charge < -0.3 is 10.2 Å². The number of hydrogen-bond donors (Lipinski definition) is 2. The minimum Gasteiger partial charge on any atom is -0.393 e. The Bertz CT molecular complexity index is 754. The van der Waals surface area contributed by atoms with Crippen LogP contribution in [-0.2, 0) is 0 Å². The molecule has 0 bridgehead atoms. The predicted octanol–water partition coefficient (Wildman–Crippen LogP) is 7.28. The molecule has 0 aromatic rings. The molecule has 182 valence electrons. The summed E-state index contributed by atoms with van der Waals surface area (Å²) in [4.78, 5) is 0. The summed E-state index contributed by atoms with van der Waals surface area (Å²) in [5.74, 6) is 3.79. The van der Waals surface area contributed by atoms with Gasteiger partial charge >= 0.3 is 0 Å². The summed E-state index contributed by atoms with van der Waals surface area (Å²) in [5, 5.41) is 21.5. The average Bonchev–Trinajstić information content (AvgIpc) is 3.54. The molecule has 0 heterocycles. The van der Waals surface area contributed by atoms with Crippen molar-refractivity contribution < 1.29 is 10.2 Å². The van der Waals surface area contributed by atoms with Gasteiger partial charge in [0.15, 0.2) is 0 Å². The van der Waals surface area contributed by atoms with E-state index in [4.69, 9.17) is 0 Å². The van der Waals surface area contributed by atoms with Crippen LogP contribution in [-0.4, -0.2) is 21.9 Å². The second-order valence-corrected chi connectivity index (χ2v) is 13.9. The van der Waals surface area contributed by atoms with E-state index < -0.39 is 5.60 Å². The van der Waals surface area contributed by atoms with E-state index in [-0.39, 0.29) is 6.10 Å². The first kappa shape index (κ1) is 23.4. The van der Waals surface area contributed by atoms with E-state index in [1.807, 2.05) is 0 Å². The second-order valence-electron chi connectivity index (χ2n) is 13.9. The Hall–Kier alpha value is -0.340. The monoisotopic (exact) mass is 442 g/mol. The Kier molecular flexibility index (Phi) is 5.73. The molecular weight excluding hydrogens is 392 g/mol. The number of aliphatic hydroxyl groups is 2. The third-order valence-electron chi connectivity index (χ3n) is 12.3. The van der Waals surface area contributed by atoms with Crippen LogP contribution in [0.25, 0.3) is 0 Å². The van der Waals surface area contributed by atoms with Crippen molar-refractivity contribution in [2.75, 3.05) is 0 Å². The summed E-state index contributed by atoms with van der Waals surface area (Å²) in [6.45, 7) is 12.5. The van der Waals surface area contributed by atoms with Gasteiger partial charge in [-0.3, -0.25) is 0 Å². The van der Waals surface area contributed by atoms with Crippen molar-refractivity contribution >= 4 is 0 Å². The fraction of sp³-hybridized carbons (Fsp3) is 0.933. The van der Waals surface area contributed by atoms with Crippen LogP contribution in [0.1, 0.15) is 118 Å². The maximum atomic E-state index is 11.0. The van der Waals surface area contributed by atoms with Crippen LogP contribution >= 0.6 is 0 Å². The summed E-state index contributed by atoms with van der Waals surface area (Å²) >= 11 is 0. The fourth-order valence-electron chi connectivity index (χ4n) is 10.00. The summed E-state index contributed by atoms with van der Waals surface area (Å²) < 4.78 is 0. The van der Waals surface area contributed by atoms with Gasteiger partial charge in [-0.2, -0.15) is 0 Å². The van der Waals surface area contributed by atoms with Crippen LogP contribution < -0.4 is 0 Å². The predicted molar refractivity (Wildman–Crippen MR) is 132 cm³/mol. The second kappa shape index (κ2) is 7.84. The molecule has 5 aliphatic rings. The maximum Gasteiger partial charge on any atom is 0.0682 e. The van der Waals surface area contributed by atoms with E-state index >= 15 is 0 Å². The molecule has 32 heavy (non-hydrogen) atoms. The summed E-state index contributed by atoms with van der Waals surface area (Å²) in [6.07, 6.45) is 18.0. The lowest BCUT2D eigenvalue weighted by Gasteiger charge is -2.64. The molecule has 0 aromatic carbocycles. The van der Waals surface area contributed by atoms with Crippen LogP contribution in [0.4, 0.5) is 0 Å². The molecule has 0 aliphatic heterocycles. The van der Waals surface area contributed by atoms with Crippen LogP contribution in [0.3, 0.4) is 0 Å². The van der Waals surface area contributed by atoms with Crippen molar-refractivity contribution in [3.05, 3.63) is 11.6 Å². The van der Waals surface area contributed by atoms with E-state index in [1.54, 1.807) is 5.57 Å². The number of rotatable bonds is 6. The zero-order valence-corrected chi connectivity index (χ0v) is 21.6. The molecule has 0 saturated heterocycles. The number of aliphatic hydroxyl groups excluding tert-OH is 1. The lowest BCUT2D eigenvalue weighted by molar-refractivity contribution is -0.123. The van der Waals surface area contributed by atoms with E-state index in [9.17, 15) is 10.2 Å². The van der Waals surface area contributed by atoms with Crippen molar-refractivity contribution in [2.45, 2.75) is 130 Å². The van der Waals surface area contributed by atoms with Gasteiger partial charge in [-0.05, 0) is 129 Å². The molecule has 5 rings (SSSR count). The molecule has 4 fully saturated rings. The van der Waals surface area contributed by atoms with Crippen molar-refractivity contribution in [3.63, 3.8) is 0 Å². The molecule has 2 heteroatoms. The minimum absolute atomic E-state index is 0.0365. The summed E-state index contributed by atoms with van der Waals surface area (Å²) in [5.41, 5.74) is 2.32. The summed E-state index contributed by atoms with van der Waals surface area (Å²) in [6, 6.07) is 0. The van der Waals surface area contributed by atoms with Gasteiger partial charge in [0.25, 0.3) is 0 Å². The van der Waals surface area contributed by atoms with Gasteiger partial charge in [-0.1, -0.05) is 46.3 Å². The smallest absolute Gasteiger partial charge is 0.0682 e. The van der Waals surface area contributed by atoms with Crippen LogP contribution in [0.5, 0.6) is 0 Å². The SMILES string of the molecule is CC[C@]1(O)CC[C@@]2(C)C(=CC[C@@]3(C)[C@@H]4CC[C@H]([C@H](C)CCC(O)C5CC5)[C@@]4(C)CC[C@@H]32)C1. The molecule has 0 aromatic heterocycles. The van der Waals surface area contributed by atoms with Crippen molar-refractivity contribution in [2.24, 2.45) is 45.8 Å². The van der Waals surface area contributed by atoms with Crippen LogP contribution in [0.2, 0.25) is 0 Å². The molecule has 9 atom stereocenters. The highest BCUT2D eigenvalue weighted by molar-refractivity contribution is 5.29. The van der Waals surface area contributed by atoms with Crippen molar-refractivity contribution in [1.82, 2.24) is 0 Å². The average molecular weight is 443 g/mol. The number of allylic oxidation sites excluding steroid dienone is 1. The Labute approximate surface area is 197 Å². The maximum absolute atomic E-state index is 11.0.